The minimum absolute atomic E-state index is 0.121. The van der Waals surface area contributed by atoms with Crippen molar-refractivity contribution < 1.29 is 9.53 Å². The van der Waals surface area contributed by atoms with Gasteiger partial charge in [-0.25, -0.2) is 4.79 Å². The molecule has 2 heterocycles. The summed E-state index contributed by atoms with van der Waals surface area (Å²) in [5.74, 6) is -0.162. The van der Waals surface area contributed by atoms with E-state index in [0.717, 1.165) is 25.2 Å². The van der Waals surface area contributed by atoms with Crippen LogP contribution in [0.5, 0.6) is 0 Å². The fraction of sp³-hybridized carbons (Fsp3) is 0.600. The number of aromatic nitrogens is 2. The van der Waals surface area contributed by atoms with Crippen molar-refractivity contribution in [3.8, 4) is 0 Å². The standard InChI is InChI=1S/C10H15N3O2/c1-3-12-7-8(6-11-12)13-5-4-9(13)10(14)15-2/h6-7,9H,3-5H2,1-2H3. The van der Waals surface area contributed by atoms with Crippen LogP contribution in [0.1, 0.15) is 13.3 Å². The zero-order chi connectivity index (χ0) is 10.8. The van der Waals surface area contributed by atoms with E-state index in [1.165, 1.54) is 7.11 Å². The third-order valence-electron chi connectivity index (χ3n) is 2.77. The van der Waals surface area contributed by atoms with E-state index in [9.17, 15) is 4.79 Å². The number of nitrogens with zero attached hydrogens (tertiary/aromatic N) is 3. The first-order valence-corrected chi connectivity index (χ1v) is 5.13. The molecule has 0 saturated carbocycles. The molecule has 0 aromatic carbocycles. The van der Waals surface area contributed by atoms with Crippen molar-refractivity contribution in [3.05, 3.63) is 12.4 Å². The van der Waals surface area contributed by atoms with Gasteiger partial charge in [-0.1, -0.05) is 0 Å². The number of rotatable bonds is 3. The zero-order valence-corrected chi connectivity index (χ0v) is 9.01. The third-order valence-corrected chi connectivity index (χ3v) is 2.77. The molecule has 1 aromatic rings. The summed E-state index contributed by atoms with van der Waals surface area (Å²) in [6.07, 6.45) is 4.61. The number of aryl methyl sites for hydroxylation is 1. The molecule has 0 amide bonds. The Kier molecular flexibility index (Phi) is 2.62. The number of esters is 1. The van der Waals surface area contributed by atoms with Gasteiger partial charge in [0.15, 0.2) is 0 Å². The SMILES string of the molecule is CCn1cc(N2CCC2C(=O)OC)cn1. The summed E-state index contributed by atoms with van der Waals surface area (Å²) < 4.78 is 6.58. The lowest BCUT2D eigenvalue weighted by Crippen LogP contribution is -2.53. The van der Waals surface area contributed by atoms with Crippen LogP contribution in [-0.4, -0.2) is 35.4 Å². The number of hydrogen-bond acceptors (Lipinski definition) is 4. The molecule has 2 rings (SSSR count). The molecular weight excluding hydrogens is 194 g/mol. The highest BCUT2D eigenvalue weighted by atomic mass is 16.5. The lowest BCUT2D eigenvalue weighted by molar-refractivity contribution is -0.143. The fourth-order valence-corrected chi connectivity index (χ4v) is 1.75. The average molecular weight is 209 g/mol. The van der Waals surface area contributed by atoms with Gasteiger partial charge in [0.1, 0.15) is 6.04 Å². The molecule has 0 aliphatic carbocycles. The first-order chi connectivity index (χ1) is 7.26. The van der Waals surface area contributed by atoms with Crippen molar-refractivity contribution in [1.82, 2.24) is 9.78 Å². The van der Waals surface area contributed by atoms with Crippen LogP contribution < -0.4 is 4.90 Å². The van der Waals surface area contributed by atoms with Gasteiger partial charge in [0.25, 0.3) is 0 Å². The zero-order valence-electron chi connectivity index (χ0n) is 9.01. The van der Waals surface area contributed by atoms with E-state index < -0.39 is 0 Å². The maximum Gasteiger partial charge on any atom is 0.328 e. The molecule has 0 bridgehead atoms. The smallest absolute Gasteiger partial charge is 0.328 e. The number of hydrogen-bond donors (Lipinski definition) is 0. The van der Waals surface area contributed by atoms with Crippen LogP contribution in [0, 0.1) is 0 Å². The molecule has 0 radical (unpaired) electrons. The topological polar surface area (TPSA) is 47.4 Å². The number of ether oxygens (including phenoxy) is 1. The first-order valence-electron chi connectivity index (χ1n) is 5.13. The summed E-state index contributed by atoms with van der Waals surface area (Å²) in [6, 6.07) is -0.121. The van der Waals surface area contributed by atoms with Crippen molar-refractivity contribution >= 4 is 11.7 Å². The highest BCUT2D eigenvalue weighted by Crippen LogP contribution is 2.26. The van der Waals surface area contributed by atoms with Gasteiger partial charge in [0.2, 0.25) is 0 Å². The van der Waals surface area contributed by atoms with Crippen molar-refractivity contribution in [3.63, 3.8) is 0 Å². The van der Waals surface area contributed by atoms with Gasteiger partial charge in [-0.3, -0.25) is 4.68 Å². The van der Waals surface area contributed by atoms with Crippen LogP contribution in [-0.2, 0) is 16.1 Å². The maximum atomic E-state index is 11.4. The molecule has 1 saturated heterocycles. The molecule has 1 aliphatic heterocycles. The van der Waals surface area contributed by atoms with Gasteiger partial charge in [0, 0.05) is 19.3 Å². The maximum absolute atomic E-state index is 11.4. The van der Waals surface area contributed by atoms with Crippen molar-refractivity contribution in [2.45, 2.75) is 25.9 Å². The minimum Gasteiger partial charge on any atom is -0.467 e. The second-order valence-electron chi connectivity index (χ2n) is 3.58. The summed E-state index contributed by atoms with van der Waals surface area (Å²) in [5.41, 5.74) is 0.999. The van der Waals surface area contributed by atoms with Crippen molar-refractivity contribution in [2.24, 2.45) is 0 Å². The Balaban J connectivity index is 2.08. The summed E-state index contributed by atoms with van der Waals surface area (Å²) in [5, 5.41) is 4.18. The van der Waals surface area contributed by atoms with E-state index in [4.69, 9.17) is 4.74 Å². The number of carbonyl (C=O) groups is 1. The second-order valence-corrected chi connectivity index (χ2v) is 3.58. The average Bonchev–Trinajstić information content (AvgIpc) is 2.64. The molecule has 1 atom stereocenters. The largest absolute Gasteiger partial charge is 0.467 e. The molecule has 82 valence electrons. The van der Waals surface area contributed by atoms with E-state index in [2.05, 4.69) is 5.10 Å². The van der Waals surface area contributed by atoms with Crippen LogP contribution >= 0.6 is 0 Å². The Labute approximate surface area is 88.6 Å². The van der Waals surface area contributed by atoms with Crippen molar-refractivity contribution in [1.29, 1.82) is 0 Å². The molecule has 0 N–H and O–H groups in total. The molecule has 15 heavy (non-hydrogen) atoms. The Bertz CT molecular complexity index is 361. The Morgan fingerprint density at radius 1 is 1.73 bits per heavy atom. The van der Waals surface area contributed by atoms with E-state index >= 15 is 0 Å². The van der Waals surface area contributed by atoms with Crippen LogP contribution in [0.4, 0.5) is 5.69 Å². The minimum atomic E-state index is -0.162. The fourth-order valence-electron chi connectivity index (χ4n) is 1.75. The summed E-state index contributed by atoms with van der Waals surface area (Å²) in [7, 11) is 1.42. The number of carbonyl (C=O) groups excluding carboxylic acids is 1. The molecule has 1 aromatic heterocycles. The highest BCUT2D eigenvalue weighted by molar-refractivity contribution is 5.81. The van der Waals surface area contributed by atoms with E-state index in [1.54, 1.807) is 6.20 Å². The first kappa shape index (κ1) is 10.0. The third kappa shape index (κ3) is 1.69. The molecule has 1 fully saturated rings. The summed E-state index contributed by atoms with van der Waals surface area (Å²) in [6.45, 7) is 3.77. The van der Waals surface area contributed by atoms with Crippen LogP contribution in [0.3, 0.4) is 0 Å². The molecule has 5 heteroatoms. The van der Waals surface area contributed by atoms with Gasteiger partial charge in [-0.15, -0.1) is 0 Å². The quantitative estimate of drug-likeness (QED) is 0.686. The van der Waals surface area contributed by atoms with Crippen LogP contribution in [0.15, 0.2) is 12.4 Å². The van der Waals surface area contributed by atoms with Crippen LogP contribution in [0.25, 0.3) is 0 Å². The van der Waals surface area contributed by atoms with Gasteiger partial charge in [0.05, 0.1) is 19.0 Å². The highest BCUT2D eigenvalue weighted by Gasteiger charge is 2.35. The van der Waals surface area contributed by atoms with Gasteiger partial charge in [-0.2, -0.15) is 5.10 Å². The van der Waals surface area contributed by atoms with E-state index in [-0.39, 0.29) is 12.0 Å². The van der Waals surface area contributed by atoms with E-state index in [0.29, 0.717) is 0 Å². The molecular formula is C10H15N3O2. The summed E-state index contributed by atoms with van der Waals surface area (Å²) >= 11 is 0. The second kappa shape index (κ2) is 3.92. The lowest BCUT2D eigenvalue weighted by Gasteiger charge is -2.39. The molecule has 5 nitrogen and oxygen atoms in total. The molecule has 1 unspecified atom stereocenters. The number of methoxy groups -OCH3 is 1. The van der Waals surface area contributed by atoms with Gasteiger partial charge >= 0.3 is 5.97 Å². The predicted molar refractivity (Wildman–Crippen MR) is 55.7 cm³/mol. The predicted octanol–water partition coefficient (Wildman–Crippen LogP) is 0.655. The van der Waals surface area contributed by atoms with Crippen LogP contribution in [0.2, 0.25) is 0 Å². The van der Waals surface area contributed by atoms with Gasteiger partial charge in [-0.05, 0) is 13.3 Å². The molecule has 0 spiro atoms. The lowest BCUT2D eigenvalue weighted by atomic mass is 10.0. The van der Waals surface area contributed by atoms with Gasteiger partial charge < -0.3 is 9.64 Å². The monoisotopic (exact) mass is 209 g/mol. The molecule has 1 aliphatic rings. The number of anilines is 1. The normalized spacial score (nSPS) is 19.9. The van der Waals surface area contributed by atoms with Crippen molar-refractivity contribution in [2.75, 3.05) is 18.6 Å². The Hall–Kier alpha value is -1.52. The summed E-state index contributed by atoms with van der Waals surface area (Å²) in [4.78, 5) is 13.4. The Morgan fingerprint density at radius 3 is 3.00 bits per heavy atom. The van der Waals surface area contributed by atoms with E-state index in [1.807, 2.05) is 22.7 Å². The Morgan fingerprint density at radius 2 is 2.53 bits per heavy atom.